The molecule has 2 heterocycles. The van der Waals surface area contributed by atoms with Crippen LogP contribution < -0.4 is 16.4 Å². The minimum absolute atomic E-state index is 0.0603. The van der Waals surface area contributed by atoms with Crippen molar-refractivity contribution in [2.75, 3.05) is 24.7 Å². The molecule has 0 radical (unpaired) electrons. The van der Waals surface area contributed by atoms with Gasteiger partial charge < -0.3 is 16.4 Å². The second kappa shape index (κ2) is 13.3. The first kappa shape index (κ1) is 31.5. The zero-order valence-electron chi connectivity index (χ0n) is 23.2. The lowest BCUT2D eigenvalue weighted by Gasteiger charge is -2.39. The highest BCUT2D eigenvalue weighted by atomic mass is 32.2. The Morgan fingerprint density at radius 3 is 2.36 bits per heavy atom. The Morgan fingerprint density at radius 1 is 1.05 bits per heavy atom. The van der Waals surface area contributed by atoms with E-state index < -0.39 is 51.2 Å². The molecule has 42 heavy (non-hydrogen) atoms. The summed E-state index contributed by atoms with van der Waals surface area (Å²) in [6.07, 6.45) is 4.45. The SMILES string of the molecule is CC1CNCC(CCCc2c(F)cncc2NC(=O)C(N)C(c2ccc(F)cc2)c2cc(F)cc(F)c2)N1S(C)(=O)=O. The Labute approximate surface area is 242 Å². The van der Waals surface area contributed by atoms with Gasteiger partial charge in [-0.15, -0.1) is 0 Å². The molecule has 1 aliphatic heterocycles. The van der Waals surface area contributed by atoms with E-state index in [1.807, 2.05) is 6.92 Å². The fourth-order valence-electron chi connectivity index (χ4n) is 5.56. The van der Waals surface area contributed by atoms with Crippen molar-refractivity contribution in [3.63, 3.8) is 0 Å². The molecule has 1 saturated heterocycles. The smallest absolute Gasteiger partial charge is 0.242 e. The Kier molecular flexibility index (Phi) is 9.97. The van der Waals surface area contributed by atoms with Crippen molar-refractivity contribution in [2.24, 2.45) is 5.73 Å². The average molecular weight is 608 g/mol. The van der Waals surface area contributed by atoms with E-state index in [0.717, 1.165) is 30.5 Å². The summed E-state index contributed by atoms with van der Waals surface area (Å²) in [5, 5.41) is 5.81. The molecule has 2 aromatic carbocycles. The van der Waals surface area contributed by atoms with E-state index in [1.165, 1.54) is 28.9 Å². The summed E-state index contributed by atoms with van der Waals surface area (Å²) < 4.78 is 83.0. The minimum Gasteiger partial charge on any atom is -0.323 e. The maximum atomic E-state index is 14.9. The molecule has 8 nitrogen and oxygen atoms in total. The number of nitrogens with one attached hydrogen (secondary N) is 2. The van der Waals surface area contributed by atoms with Gasteiger partial charge in [0.2, 0.25) is 15.9 Å². The molecule has 4 N–H and O–H groups in total. The molecule has 1 aliphatic rings. The van der Waals surface area contributed by atoms with Gasteiger partial charge in [-0.05, 0) is 61.6 Å². The number of benzene rings is 2. The number of aromatic nitrogens is 1. The van der Waals surface area contributed by atoms with E-state index in [1.54, 1.807) is 0 Å². The maximum Gasteiger partial charge on any atom is 0.242 e. The minimum atomic E-state index is -3.45. The van der Waals surface area contributed by atoms with Crippen LogP contribution >= 0.6 is 0 Å². The van der Waals surface area contributed by atoms with Crippen LogP contribution in [0.3, 0.4) is 0 Å². The molecule has 4 atom stereocenters. The third-order valence-corrected chi connectivity index (χ3v) is 8.78. The summed E-state index contributed by atoms with van der Waals surface area (Å²) in [4.78, 5) is 17.2. The first-order valence-corrected chi connectivity index (χ1v) is 15.3. The van der Waals surface area contributed by atoms with Gasteiger partial charge in [-0.25, -0.2) is 26.0 Å². The van der Waals surface area contributed by atoms with Crippen molar-refractivity contribution in [3.05, 3.63) is 94.8 Å². The molecule has 4 unspecified atom stereocenters. The fraction of sp³-hybridized carbons (Fsp3) is 0.379. The standard InChI is InChI=1S/C29H33F4N5O3S/c1-17-13-35-14-23(38(17)42(2,40)41)4-3-5-24-25(33)15-36-16-26(24)37-29(39)28(34)27(18-6-8-20(30)9-7-18)19-10-21(31)12-22(32)11-19/h6-12,15-17,23,27-28,35H,3-5,13-14,34H2,1-2H3,(H,37,39). The molecule has 13 heteroatoms. The number of amides is 1. The second-order valence-electron chi connectivity index (χ2n) is 10.5. The first-order chi connectivity index (χ1) is 19.8. The van der Waals surface area contributed by atoms with Gasteiger partial charge in [0, 0.05) is 42.7 Å². The van der Waals surface area contributed by atoms with Gasteiger partial charge in [-0.3, -0.25) is 9.78 Å². The van der Waals surface area contributed by atoms with Crippen molar-refractivity contribution in [3.8, 4) is 0 Å². The van der Waals surface area contributed by atoms with Crippen molar-refractivity contribution in [1.82, 2.24) is 14.6 Å². The number of anilines is 1. The third kappa shape index (κ3) is 7.51. The number of piperazine rings is 1. The molecule has 0 bridgehead atoms. The monoisotopic (exact) mass is 607 g/mol. The van der Waals surface area contributed by atoms with Crippen LogP contribution in [0.1, 0.15) is 42.4 Å². The number of hydrogen-bond acceptors (Lipinski definition) is 6. The number of nitrogens with zero attached hydrogens (tertiary/aromatic N) is 2. The molecule has 1 fully saturated rings. The van der Waals surface area contributed by atoms with Gasteiger partial charge in [0.25, 0.3) is 0 Å². The summed E-state index contributed by atoms with van der Waals surface area (Å²) >= 11 is 0. The molecular weight excluding hydrogens is 574 g/mol. The van der Waals surface area contributed by atoms with Crippen LogP contribution in [0.2, 0.25) is 0 Å². The predicted molar refractivity (Wildman–Crippen MR) is 151 cm³/mol. The normalized spacial score (nSPS) is 19.3. The number of rotatable bonds is 10. The maximum absolute atomic E-state index is 14.9. The van der Waals surface area contributed by atoms with Gasteiger partial charge in [0.05, 0.1) is 30.4 Å². The molecule has 0 spiro atoms. The van der Waals surface area contributed by atoms with Crippen LogP contribution in [-0.4, -0.2) is 61.1 Å². The number of nitrogens with two attached hydrogens (primary N) is 1. The van der Waals surface area contributed by atoms with Gasteiger partial charge in [-0.2, -0.15) is 4.31 Å². The Hall–Kier alpha value is -3.39. The Morgan fingerprint density at radius 2 is 1.71 bits per heavy atom. The summed E-state index contributed by atoms with van der Waals surface area (Å²) in [7, 11) is -3.45. The van der Waals surface area contributed by atoms with Crippen LogP contribution in [0.25, 0.3) is 0 Å². The lowest BCUT2D eigenvalue weighted by Crippen LogP contribution is -2.57. The zero-order valence-corrected chi connectivity index (χ0v) is 24.0. The molecule has 4 rings (SSSR count). The van der Waals surface area contributed by atoms with Gasteiger partial charge in [0.1, 0.15) is 23.3 Å². The van der Waals surface area contributed by atoms with Crippen molar-refractivity contribution in [1.29, 1.82) is 0 Å². The average Bonchev–Trinajstić information content (AvgIpc) is 2.90. The highest BCUT2D eigenvalue weighted by Gasteiger charge is 2.34. The summed E-state index contributed by atoms with van der Waals surface area (Å²) in [6, 6.07) is 5.83. The van der Waals surface area contributed by atoms with E-state index in [9.17, 15) is 30.8 Å². The van der Waals surface area contributed by atoms with Gasteiger partial charge >= 0.3 is 0 Å². The topological polar surface area (TPSA) is 117 Å². The largest absolute Gasteiger partial charge is 0.323 e. The number of carbonyl (C=O) groups excluding carboxylic acids is 1. The second-order valence-corrected chi connectivity index (χ2v) is 12.4. The molecule has 0 saturated carbocycles. The van der Waals surface area contributed by atoms with E-state index >= 15 is 0 Å². The Balaban J connectivity index is 1.54. The number of halogens is 4. The van der Waals surface area contributed by atoms with E-state index in [4.69, 9.17) is 5.73 Å². The molecule has 0 aliphatic carbocycles. The number of carbonyl (C=O) groups is 1. The van der Waals surface area contributed by atoms with Gasteiger partial charge in [-0.1, -0.05) is 12.1 Å². The molecule has 226 valence electrons. The predicted octanol–water partition coefficient (Wildman–Crippen LogP) is 3.68. The van der Waals surface area contributed by atoms with E-state index in [2.05, 4.69) is 15.6 Å². The van der Waals surface area contributed by atoms with Crippen LogP contribution in [0, 0.1) is 23.3 Å². The summed E-state index contributed by atoms with van der Waals surface area (Å²) in [6.45, 7) is 2.80. The zero-order chi connectivity index (χ0) is 30.6. The molecule has 3 aromatic rings. The Bertz CT molecular complexity index is 1500. The number of sulfonamides is 1. The third-order valence-electron chi connectivity index (χ3n) is 7.36. The van der Waals surface area contributed by atoms with Crippen LogP contribution in [0.15, 0.2) is 54.9 Å². The van der Waals surface area contributed by atoms with Crippen LogP contribution in [0.4, 0.5) is 23.2 Å². The highest BCUT2D eigenvalue weighted by Crippen LogP contribution is 2.30. The van der Waals surface area contributed by atoms with Crippen molar-refractivity contribution in [2.45, 2.75) is 50.2 Å². The van der Waals surface area contributed by atoms with Crippen molar-refractivity contribution < 1.29 is 30.8 Å². The molecule has 1 amide bonds. The molecular formula is C29H33F4N5O3S. The number of pyridine rings is 1. The fourth-order valence-corrected chi connectivity index (χ4v) is 7.01. The molecule has 1 aromatic heterocycles. The van der Waals surface area contributed by atoms with E-state index in [-0.39, 0.29) is 35.3 Å². The van der Waals surface area contributed by atoms with E-state index in [0.29, 0.717) is 37.6 Å². The number of hydrogen-bond donors (Lipinski definition) is 3. The summed E-state index contributed by atoms with van der Waals surface area (Å²) in [5.74, 6) is -4.82. The first-order valence-electron chi connectivity index (χ1n) is 13.4. The lowest BCUT2D eigenvalue weighted by molar-refractivity contribution is -0.117. The van der Waals surface area contributed by atoms with Crippen LogP contribution in [-0.2, 0) is 21.2 Å². The van der Waals surface area contributed by atoms with Gasteiger partial charge in [0.15, 0.2) is 0 Å². The lowest BCUT2D eigenvalue weighted by atomic mass is 9.84. The van der Waals surface area contributed by atoms with Crippen molar-refractivity contribution >= 4 is 21.6 Å². The summed E-state index contributed by atoms with van der Waals surface area (Å²) in [5.41, 5.74) is 6.95. The quantitative estimate of drug-likeness (QED) is 0.303. The van der Waals surface area contributed by atoms with Crippen LogP contribution in [0.5, 0.6) is 0 Å². The highest BCUT2D eigenvalue weighted by molar-refractivity contribution is 7.88.